The van der Waals surface area contributed by atoms with Crippen LogP contribution >= 0.6 is 23.1 Å². The number of aromatic nitrogens is 1. The third-order valence-electron chi connectivity index (χ3n) is 0.837. The summed E-state index contributed by atoms with van der Waals surface area (Å²) in [6.45, 7) is 0. The number of anilines is 1. The predicted molar refractivity (Wildman–Crippen MR) is 43.7 cm³/mol. The van der Waals surface area contributed by atoms with Crippen molar-refractivity contribution >= 4 is 28.9 Å². The summed E-state index contributed by atoms with van der Waals surface area (Å²) in [5.74, 6) is 1.62. The van der Waals surface area contributed by atoms with E-state index in [1.807, 2.05) is 5.38 Å². The largest absolute Gasteiger partial charge is 0.383 e. The molecule has 1 heterocycles. The van der Waals surface area contributed by atoms with Gasteiger partial charge in [0.1, 0.15) is 10.8 Å². The Balaban J connectivity index is 2.61. The fourth-order valence-corrected chi connectivity index (χ4v) is 1.92. The number of nitrogens with zero attached hydrogens (tertiary/aromatic N) is 1. The first-order chi connectivity index (χ1) is 4.33. The number of nitrogen functional groups attached to an aromatic ring is 1. The van der Waals surface area contributed by atoms with Crippen molar-refractivity contribution in [1.29, 1.82) is 0 Å². The number of nitrogens with two attached hydrogens (primary N) is 1. The molecule has 0 saturated carbocycles. The first-order valence-electron chi connectivity index (χ1n) is 2.51. The zero-order valence-corrected chi connectivity index (χ0v) is 6.76. The van der Waals surface area contributed by atoms with Crippen LogP contribution in [0.3, 0.4) is 0 Å². The number of hydrogen-bond donors (Lipinski definition) is 1. The van der Waals surface area contributed by atoms with E-state index >= 15 is 0 Å². The first-order valence-corrected chi connectivity index (χ1v) is 4.79. The molecule has 0 radical (unpaired) electrons. The van der Waals surface area contributed by atoms with E-state index in [0.29, 0.717) is 5.82 Å². The molecule has 1 aromatic rings. The Bertz CT molecular complexity index is 185. The maximum atomic E-state index is 5.40. The highest BCUT2D eigenvalue weighted by Crippen LogP contribution is 2.15. The fraction of sp³-hybridized carbons (Fsp3) is 0.400. The van der Waals surface area contributed by atoms with E-state index in [-0.39, 0.29) is 0 Å². The molecule has 0 amide bonds. The lowest BCUT2D eigenvalue weighted by atomic mass is 10.8. The van der Waals surface area contributed by atoms with Crippen LogP contribution in [0.2, 0.25) is 0 Å². The van der Waals surface area contributed by atoms with Crippen molar-refractivity contribution in [1.82, 2.24) is 4.98 Å². The molecule has 0 bridgehead atoms. The minimum atomic E-state index is 0.643. The lowest BCUT2D eigenvalue weighted by Gasteiger charge is -1.85. The molecule has 0 atom stereocenters. The average molecular weight is 160 g/mol. The van der Waals surface area contributed by atoms with Gasteiger partial charge in [0, 0.05) is 11.1 Å². The molecule has 0 unspecified atom stereocenters. The molecule has 0 saturated heterocycles. The minimum Gasteiger partial charge on any atom is -0.383 e. The van der Waals surface area contributed by atoms with Gasteiger partial charge in [-0.3, -0.25) is 0 Å². The van der Waals surface area contributed by atoms with Gasteiger partial charge in [-0.05, 0) is 6.26 Å². The summed E-state index contributed by atoms with van der Waals surface area (Å²) in [5, 5.41) is 2.98. The Kier molecular flexibility index (Phi) is 2.36. The van der Waals surface area contributed by atoms with E-state index in [0.717, 1.165) is 10.8 Å². The SMILES string of the molecule is CSCc1nc(N)cs1. The van der Waals surface area contributed by atoms with Gasteiger partial charge in [0.25, 0.3) is 0 Å². The zero-order chi connectivity index (χ0) is 6.69. The molecule has 9 heavy (non-hydrogen) atoms. The summed E-state index contributed by atoms with van der Waals surface area (Å²) in [6, 6.07) is 0. The number of rotatable bonds is 2. The maximum absolute atomic E-state index is 5.40. The van der Waals surface area contributed by atoms with E-state index in [1.54, 1.807) is 23.1 Å². The summed E-state index contributed by atoms with van der Waals surface area (Å²) in [4.78, 5) is 4.08. The van der Waals surface area contributed by atoms with Crippen molar-refractivity contribution in [2.75, 3.05) is 12.0 Å². The summed E-state index contributed by atoms with van der Waals surface area (Å²) in [5.41, 5.74) is 5.40. The van der Waals surface area contributed by atoms with E-state index in [2.05, 4.69) is 11.2 Å². The van der Waals surface area contributed by atoms with Crippen LogP contribution in [0.15, 0.2) is 5.38 Å². The van der Waals surface area contributed by atoms with Gasteiger partial charge in [-0.25, -0.2) is 4.98 Å². The molecule has 1 aromatic heterocycles. The van der Waals surface area contributed by atoms with Gasteiger partial charge in [0.2, 0.25) is 0 Å². The molecule has 1 rings (SSSR count). The predicted octanol–water partition coefficient (Wildman–Crippen LogP) is 1.59. The molecule has 0 aliphatic rings. The molecule has 0 spiro atoms. The Morgan fingerprint density at radius 2 is 2.67 bits per heavy atom. The molecule has 0 fully saturated rings. The smallest absolute Gasteiger partial charge is 0.134 e. The lowest BCUT2D eigenvalue weighted by Crippen LogP contribution is -1.83. The number of thioether (sulfide) groups is 1. The van der Waals surface area contributed by atoms with Crippen molar-refractivity contribution in [2.45, 2.75) is 5.75 Å². The Labute approximate surface area is 62.5 Å². The first kappa shape index (κ1) is 6.89. The summed E-state index contributed by atoms with van der Waals surface area (Å²) >= 11 is 3.38. The van der Waals surface area contributed by atoms with Crippen LogP contribution in [-0.4, -0.2) is 11.2 Å². The Morgan fingerprint density at radius 3 is 3.11 bits per heavy atom. The highest BCUT2D eigenvalue weighted by atomic mass is 32.2. The van der Waals surface area contributed by atoms with Crippen molar-refractivity contribution in [3.63, 3.8) is 0 Å². The van der Waals surface area contributed by atoms with E-state index in [9.17, 15) is 0 Å². The molecule has 2 N–H and O–H groups in total. The van der Waals surface area contributed by atoms with Gasteiger partial charge in [0.05, 0.1) is 0 Å². The summed E-state index contributed by atoms with van der Waals surface area (Å²) in [7, 11) is 0. The van der Waals surface area contributed by atoms with E-state index in [4.69, 9.17) is 5.73 Å². The third kappa shape index (κ3) is 1.87. The van der Waals surface area contributed by atoms with E-state index < -0.39 is 0 Å². The average Bonchev–Trinajstić information content (AvgIpc) is 2.17. The third-order valence-corrected chi connectivity index (χ3v) is 2.45. The monoisotopic (exact) mass is 160 g/mol. The van der Waals surface area contributed by atoms with Crippen LogP contribution in [0, 0.1) is 0 Å². The van der Waals surface area contributed by atoms with Gasteiger partial charge in [-0.1, -0.05) is 0 Å². The molecular formula is C5H8N2S2. The van der Waals surface area contributed by atoms with Crippen LogP contribution in [0.5, 0.6) is 0 Å². The molecule has 0 aliphatic carbocycles. The van der Waals surface area contributed by atoms with Crippen molar-refractivity contribution in [2.24, 2.45) is 0 Å². The Hall–Kier alpha value is -0.220. The van der Waals surface area contributed by atoms with Crippen molar-refractivity contribution in [3.8, 4) is 0 Å². The van der Waals surface area contributed by atoms with E-state index in [1.165, 1.54) is 0 Å². The molecule has 4 heteroatoms. The second kappa shape index (κ2) is 3.08. The molecular weight excluding hydrogens is 152 g/mol. The topological polar surface area (TPSA) is 38.9 Å². The fourth-order valence-electron chi connectivity index (χ4n) is 0.515. The molecule has 2 nitrogen and oxygen atoms in total. The normalized spacial score (nSPS) is 9.89. The van der Waals surface area contributed by atoms with Gasteiger partial charge in [-0.2, -0.15) is 11.8 Å². The quantitative estimate of drug-likeness (QED) is 0.714. The molecule has 50 valence electrons. The molecule has 0 aromatic carbocycles. The number of thiazole rings is 1. The second-order valence-corrected chi connectivity index (χ2v) is 3.41. The second-order valence-electron chi connectivity index (χ2n) is 1.60. The highest BCUT2D eigenvalue weighted by molar-refractivity contribution is 7.97. The molecule has 0 aliphatic heterocycles. The van der Waals surface area contributed by atoms with Crippen LogP contribution < -0.4 is 5.73 Å². The van der Waals surface area contributed by atoms with Crippen LogP contribution in [0.25, 0.3) is 0 Å². The van der Waals surface area contributed by atoms with Crippen molar-refractivity contribution in [3.05, 3.63) is 10.4 Å². The summed E-state index contributed by atoms with van der Waals surface area (Å²) < 4.78 is 0. The number of hydrogen-bond acceptors (Lipinski definition) is 4. The minimum absolute atomic E-state index is 0.643. The lowest BCUT2D eigenvalue weighted by molar-refractivity contribution is 1.28. The van der Waals surface area contributed by atoms with Crippen LogP contribution in [0.4, 0.5) is 5.82 Å². The maximum Gasteiger partial charge on any atom is 0.134 e. The standard InChI is InChI=1S/C5H8N2S2/c1-8-3-5-7-4(6)2-9-5/h2H,3,6H2,1H3. The van der Waals surface area contributed by atoms with Crippen LogP contribution in [0.1, 0.15) is 5.01 Å². The van der Waals surface area contributed by atoms with Gasteiger partial charge >= 0.3 is 0 Å². The van der Waals surface area contributed by atoms with Gasteiger partial charge in [-0.15, -0.1) is 11.3 Å². The summed E-state index contributed by atoms with van der Waals surface area (Å²) in [6.07, 6.45) is 2.05. The van der Waals surface area contributed by atoms with Gasteiger partial charge in [0.15, 0.2) is 0 Å². The Morgan fingerprint density at radius 1 is 1.89 bits per heavy atom. The highest BCUT2D eigenvalue weighted by Gasteiger charge is 1.95. The zero-order valence-electron chi connectivity index (χ0n) is 5.13. The van der Waals surface area contributed by atoms with Crippen LogP contribution in [-0.2, 0) is 5.75 Å². The van der Waals surface area contributed by atoms with Gasteiger partial charge < -0.3 is 5.73 Å². The van der Waals surface area contributed by atoms with Crippen molar-refractivity contribution < 1.29 is 0 Å².